The Hall–Kier alpha value is -2.93. The highest BCUT2D eigenvalue weighted by Gasteiger charge is 2.10. The third-order valence-electron chi connectivity index (χ3n) is 3.21. The summed E-state index contributed by atoms with van der Waals surface area (Å²) in [7, 11) is 1.47. The molecular weight excluding hydrogens is 360 g/mol. The molecule has 0 atom stereocenters. The van der Waals surface area contributed by atoms with E-state index in [0.29, 0.717) is 28.0 Å². The van der Waals surface area contributed by atoms with Crippen LogP contribution in [0.25, 0.3) is 0 Å². The largest absolute Gasteiger partial charge is 0.493 e. The lowest BCUT2D eigenvalue weighted by Crippen LogP contribution is -2.20. The van der Waals surface area contributed by atoms with Crippen molar-refractivity contribution in [1.29, 1.82) is 0 Å². The van der Waals surface area contributed by atoms with Gasteiger partial charge < -0.3 is 25.3 Å². The van der Waals surface area contributed by atoms with E-state index in [1.807, 2.05) is 0 Å². The van der Waals surface area contributed by atoms with E-state index < -0.39 is 5.91 Å². The van der Waals surface area contributed by atoms with Gasteiger partial charge in [0, 0.05) is 16.8 Å². The first-order chi connectivity index (χ1) is 12.5. The Bertz CT molecular complexity index is 782. The van der Waals surface area contributed by atoms with Gasteiger partial charge in [0.25, 0.3) is 5.91 Å². The van der Waals surface area contributed by atoms with Crippen molar-refractivity contribution >= 4 is 29.1 Å². The quantitative estimate of drug-likeness (QED) is 0.698. The topological polar surface area (TPSA) is 99.9 Å². The summed E-state index contributed by atoms with van der Waals surface area (Å²) in [6.45, 7) is -0.0887. The van der Waals surface area contributed by atoms with Gasteiger partial charge in [0.2, 0.25) is 5.91 Å². The fraction of sp³-hybridized carbons (Fsp3) is 0.222. The third-order valence-corrected chi connectivity index (χ3v) is 3.45. The number of amides is 2. The normalized spacial score (nSPS) is 10.1. The number of methoxy groups -OCH3 is 1. The molecule has 26 heavy (non-hydrogen) atoms. The van der Waals surface area contributed by atoms with Crippen molar-refractivity contribution in [3.63, 3.8) is 0 Å². The lowest BCUT2D eigenvalue weighted by Gasteiger charge is -2.12. The maximum Gasteiger partial charge on any atom is 0.255 e. The number of nitrogens with one attached hydrogen (secondary N) is 1. The zero-order chi connectivity index (χ0) is 18.9. The maximum atomic E-state index is 12.0. The summed E-state index contributed by atoms with van der Waals surface area (Å²) in [4.78, 5) is 22.9. The first-order valence-corrected chi connectivity index (χ1v) is 8.13. The predicted molar refractivity (Wildman–Crippen MR) is 97.9 cm³/mol. The van der Waals surface area contributed by atoms with Crippen molar-refractivity contribution in [3.05, 3.63) is 47.5 Å². The molecule has 0 aliphatic carbocycles. The Kier molecular flexibility index (Phi) is 7.11. The molecule has 2 amide bonds. The minimum absolute atomic E-state index is 0.149. The van der Waals surface area contributed by atoms with Crippen LogP contribution < -0.4 is 25.3 Å². The van der Waals surface area contributed by atoms with Gasteiger partial charge in [0.15, 0.2) is 18.1 Å². The highest BCUT2D eigenvalue weighted by molar-refractivity contribution is 6.30. The second-order valence-corrected chi connectivity index (χ2v) is 5.66. The van der Waals surface area contributed by atoms with Gasteiger partial charge in [0.1, 0.15) is 5.75 Å². The van der Waals surface area contributed by atoms with Crippen LogP contribution in [-0.4, -0.2) is 32.1 Å². The van der Waals surface area contributed by atoms with Gasteiger partial charge in [-0.05, 0) is 30.3 Å². The number of carbonyl (C=O) groups is 2. The van der Waals surface area contributed by atoms with E-state index in [0.717, 1.165) is 0 Å². The molecule has 2 aromatic rings. The van der Waals surface area contributed by atoms with E-state index in [4.69, 9.17) is 31.5 Å². The summed E-state index contributed by atoms with van der Waals surface area (Å²) >= 11 is 5.87. The SMILES string of the molecule is COc1ccc(NC(=O)CCOc2cccc(Cl)c2)cc1OCC(N)=O. The van der Waals surface area contributed by atoms with E-state index in [-0.39, 0.29) is 25.5 Å². The summed E-state index contributed by atoms with van der Waals surface area (Å²) in [5.41, 5.74) is 5.56. The number of hydrogen-bond donors (Lipinski definition) is 2. The summed E-state index contributed by atoms with van der Waals surface area (Å²) in [5, 5.41) is 3.29. The Morgan fingerprint density at radius 2 is 1.92 bits per heavy atom. The molecule has 3 N–H and O–H groups in total. The number of benzene rings is 2. The Morgan fingerprint density at radius 1 is 1.12 bits per heavy atom. The molecule has 0 aliphatic rings. The number of carbonyl (C=O) groups excluding carboxylic acids is 2. The Balaban J connectivity index is 1.89. The number of nitrogens with two attached hydrogens (primary N) is 1. The van der Waals surface area contributed by atoms with Crippen molar-refractivity contribution in [2.75, 3.05) is 25.6 Å². The number of rotatable bonds is 9. The molecule has 2 aromatic carbocycles. The fourth-order valence-corrected chi connectivity index (χ4v) is 2.24. The molecular formula is C18H19ClN2O5. The Morgan fingerprint density at radius 3 is 2.62 bits per heavy atom. The smallest absolute Gasteiger partial charge is 0.255 e. The molecule has 0 fully saturated rings. The number of ether oxygens (including phenoxy) is 3. The molecule has 0 heterocycles. The maximum absolute atomic E-state index is 12.0. The van der Waals surface area contributed by atoms with Crippen molar-refractivity contribution < 1.29 is 23.8 Å². The molecule has 7 nitrogen and oxygen atoms in total. The molecule has 0 spiro atoms. The number of hydrogen-bond acceptors (Lipinski definition) is 5. The van der Waals surface area contributed by atoms with E-state index in [9.17, 15) is 9.59 Å². The van der Waals surface area contributed by atoms with E-state index in [1.54, 1.807) is 42.5 Å². The third kappa shape index (κ3) is 6.18. The highest BCUT2D eigenvalue weighted by atomic mass is 35.5. The van der Waals surface area contributed by atoms with Gasteiger partial charge in [-0.1, -0.05) is 17.7 Å². The van der Waals surface area contributed by atoms with Gasteiger partial charge in [-0.2, -0.15) is 0 Å². The standard InChI is InChI=1S/C18H19ClN2O5/c1-24-15-6-5-13(10-16(15)26-11-17(20)22)21-18(23)7-8-25-14-4-2-3-12(19)9-14/h2-6,9-10H,7-8,11H2,1H3,(H2,20,22)(H,21,23). The zero-order valence-electron chi connectivity index (χ0n) is 14.2. The number of anilines is 1. The molecule has 0 saturated heterocycles. The van der Waals surface area contributed by atoms with E-state index in [2.05, 4.69) is 5.32 Å². The molecule has 0 radical (unpaired) electrons. The minimum atomic E-state index is -0.611. The van der Waals surface area contributed by atoms with Crippen molar-refractivity contribution in [3.8, 4) is 17.2 Å². The number of halogens is 1. The van der Waals surface area contributed by atoms with Crippen LogP contribution in [-0.2, 0) is 9.59 Å². The van der Waals surface area contributed by atoms with Crippen LogP contribution >= 0.6 is 11.6 Å². The minimum Gasteiger partial charge on any atom is -0.493 e. The summed E-state index contributed by atoms with van der Waals surface area (Å²) in [6, 6.07) is 11.8. The number of primary amides is 1. The average Bonchev–Trinajstić information content (AvgIpc) is 2.60. The second-order valence-electron chi connectivity index (χ2n) is 5.22. The second kappa shape index (κ2) is 9.53. The first-order valence-electron chi connectivity index (χ1n) is 7.75. The fourth-order valence-electron chi connectivity index (χ4n) is 2.06. The van der Waals surface area contributed by atoms with Crippen molar-refractivity contribution in [2.45, 2.75) is 6.42 Å². The summed E-state index contributed by atoms with van der Waals surface area (Å²) < 4.78 is 15.9. The molecule has 0 aliphatic heterocycles. The monoisotopic (exact) mass is 378 g/mol. The van der Waals surface area contributed by atoms with Gasteiger partial charge in [-0.25, -0.2) is 0 Å². The average molecular weight is 379 g/mol. The van der Waals surface area contributed by atoms with Crippen LogP contribution in [0.3, 0.4) is 0 Å². The lowest BCUT2D eigenvalue weighted by molar-refractivity contribution is -0.120. The van der Waals surface area contributed by atoms with Gasteiger partial charge in [0.05, 0.1) is 20.1 Å². The summed E-state index contributed by atoms with van der Waals surface area (Å²) in [6.07, 6.45) is 0.149. The van der Waals surface area contributed by atoms with Crippen LogP contribution in [0.5, 0.6) is 17.2 Å². The molecule has 0 unspecified atom stereocenters. The van der Waals surface area contributed by atoms with Crippen molar-refractivity contribution in [1.82, 2.24) is 0 Å². The lowest BCUT2D eigenvalue weighted by atomic mass is 10.2. The zero-order valence-corrected chi connectivity index (χ0v) is 14.9. The Labute approximate surface area is 156 Å². The molecule has 0 aromatic heterocycles. The molecule has 0 saturated carbocycles. The van der Waals surface area contributed by atoms with Crippen LogP contribution in [0.15, 0.2) is 42.5 Å². The van der Waals surface area contributed by atoms with Gasteiger partial charge >= 0.3 is 0 Å². The summed E-state index contributed by atoms with van der Waals surface area (Å²) in [5.74, 6) is 0.474. The van der Waals surface area contributed by atoms with Gasteiger partial charge in [-0.15, -0.1) is 0 Å². The van der Waals surface area contributed by atoms with E-state index in [1.165, 1.54) is 7.11 Å². The molecule has 8 heteroatoms. The van der Waals surface area contributed by atoms with Crippen LogP contribution in [0, 0.1) is 0 Å². The predicted octanol–water partition coefficient (Wildman–Crippen LogP) is 2.62. The molecule has 2 rings (SSSR count). The van der Waals surface area contributed by atoms with Crippen LogP contribution in [0.4, 0.5) is 5.69 Å². The first kappa shape index (κ1) is 19.4. The molecule has 138 valence electrons. The highest BCUT2D eigenvalue weighted by Crippen LogP contribution is 2.30. The molecule has 0 bridgehead atoms. The van der Waals surface area contributed by atoms with E-state index >= 15 is 0 Å². The van der Waals surface area contributed by atoms with Crippen molar-refractivity contribution in [2.24, 2.45) is 5.73 Å². The van der Waals surface area contributed by atoms with Crippen LogP contribution in [0.1, 0.15) is 6.42 Å². The van der Waals surface area contributed by atoms with Gasteiger partial charge in [-0.3, -0.25) is 9.59 Å². The van der Waals surface area contributed by atoms with Crippen LogP contribution in [0.2, 0.25) is 5.02 Å².